The second-order valence-corrected chi connectivity index (χ2v) is 6.31. The van der Waals surface area contributed by atoms with Crippen LogP contribution >= 0.6 is 23.2 Å². The van der Waals surface area contributed by atoms with Crippen molar-refractivity contribution in [3.63, 3.8) is 0 Å². The van der Waals surface area contributed by atoms with Crippen LogP contribution < -0.4 is 4.72 Å². The molecular weight excluding hydrogens is 328 g/mol. The molecule has 0 saturated heterocycles. The van der Waals surface area contributed by atoms with E-state index in [1.165, 1.54) is 12.1 Å². The van der Waals surface area contributed by atoms with Gasteiger partial charge in [0.25, 0.3) is 10.0 Å². The van der Waals surface area contributed by atoms with Crippen LogP contribution in [0.3, 0.4) is 0 Å². The molecule has 2 rings (SSSR count). The normalized spacial score (nSPS) is 11.4. The van der Waals surface area contributed by atoms with Gasteiger partial charge >= 0.3 is 0 Å². The smallest absolute Gasteiger partial charge is 0.247 e. The molecule has 1 aromatic carbocycles. The SMILES string of the molecule is Cc1cc(Cl)nc(NS(=O)(=O)c2ccc(Cl)cc2F)n1. The summed E-state index contributed by atoms with van der Waals surface area (Å²) in [5.74, 6) is -1.20. The standard InChI is InChI=1S/C11H8Cl2FN3O2S/c1-6-4-10(13)16-11(15-6)17-20(18,19)9-3-2-7(12)5-8(9)14/h2-5H,1H3,(H,15,16,17). The first kappa shape index (κ1) is 15.0. The van der Waals surface area contributed by atoms with Gasteiger partial charge in [-0.05, 0) is 31.2 Å². The molecule has 1 N–H and O–H groups in total. The van der Waals surface area contributed by atoms with Gasteiger partial charge in [0.1, 0.15) is 15.9 Å². The first-order chi connectivity index (χ1) is 9.28. The topological polar surface area (TPSA) is 72.0 Å². The minimum atomic E-state index is -4.16. The van der Waals surface area contributed by atoms with Crippen LogP contribution in [0.25, 0.3) is 0 Å². The Hall–Kier alpha value is -1.44. The summed E-state index contributed by atoms with van der Waals surface area (Å²) in [6, 6.07) is 4.68. The van der Waals surface area contributed by atoms with E-state index >= 15 is 0 Å². The maximum atomic E-state index is 13.6. The summed E-state index contributed by atoms with van der Waals surface area (Å²) in [5.41, 5.74) is 0.472. The molecule has 0 aliphatic heterocycles. The number of nitrogens with zero attached hydrogens (tertiary/aromatic N) is 2. The summed E-state index contributed by atoms with van der Waals surface area (Å²) in [7, 11) is -4.16. The van der Waals surface area contributed by atoms with Gasteiger partial charge in [-0.1, -0.05) is 23.2 Å². The number of aryl methyl sites for hydroxylation is 1. The van der Waals surface area contributed by atoms with Gasteiger partial charge in [0.2, 0.25) is 5.95 Å². The molecule has 0 atom stereocenters. The van der Waals surface area contributed by atoms with Gasteiger partial charge in [-0.15, -0.1) is 0 Å². The van der Waals surface area contributed by atoms with Crippen molar-refractivity contribution in [3.05, 3.63) is 46.0 Å². The molecule has 106 valence electrons. The Balaban J connectivity index is 2.40. The maximum absolute atomic E-state index is 13.6. The molecule has 2 aromatic rings. The van der Waals surface area contributed by atoms with E-state index in [1.54, 1.807) is 6.92 Å². The predicted molar refractivity (Wildman–Crippen MR) is 74.0 cm³/mol. The summed E-state index contributed by atoms with van der Waals surface area (Å²) in [4.78, 5) is 7.01. The quantitative estimate of drug-likeness (QED) is 0.875. The number of aromatic nitrogens is 2. The van der Waals surface area contributed by atoms with E-state index in [9.17, 15) is 12.8 Å². The Morgan fingerprint density at radius 1 is 1.20 bits per heavy atom. The molecular formula is C11H8Cl2FN3O2S. The molecule has 0 bridgehead atoms. The van der Waals surface area contributed by atoms with Crippen molar-refractivity contribution in [3.8, 4) is 0 Å². The third-order valence-corrected chi connectivity index (χ3v) is 4.02. The zero-order valence-electron chi connectivity index (χ0n) is 10.1. The van der Waals surface area contributed by atoms with Crippen molar-refractivity contribution in [1.29, 1.82) is 0 Å². The Bertz CT molecular complexity index is 748. The summed E-state index contributed by atoms with van der Waals surface area (Å²) < 4.78 is 39.8. The van der Waals surface area contributed by atoms with E-state index in [-0.39, 0.29) is 16.1 Å². The molecule has 0 amide bonds. The van der Waals surface area contributed by atoms with Gasteiger partial charge in [-0.2, -0.15) is 0 Å². The van der Waals surface area contributed by atoms with E-state index in [0.717, 1.165) is 12.1 Å². The maximum Gasteiger partial charge on any atom is 0.267 e. The Kier molecular flexibility index (Phi) is 4.12. The molecule has 0 fully saturated rings. The average Bonchev–Trinajstić information content (AvgIpc) is 2.25. The largest absolute Gasteiger partial charge is 0.267 e. The molecule has 0 unspecified atom stereocenters. The first-order valence-corrected chi connectivity index (χ1v) is 7.51. The van der Waals surface area contributed by atoms with E-state index in [1.807, 2.05) is 0 Å². The minimum Gasteiger partial charge on any atom is -0.247 e. The molecule has 9 heteroatoms. The van der Waals surface area contributed by atoms with Crippen molar-refractivity contribution in [1.82, 2.24) is 9.97 Å². The Morgan fingerprint density at radius 3 is 2.50 bits per heavy atom. The summed E-state index contributed by atoms with van der Waals surface area (Å²) in [6.45, 7) is 1.62. The zero-order valence-corrected chi connectivity index (χ0v) is 12.4. The molecule has 0 saturated carbocycles. The van der Waals surface area contributed by atoms with Crippen LogP contribution in [0.2, 0.25) is 10.2 Å². The van der Waals surface area contributed by atoms with Gasteiger partial charge in [0.15, 0.2) is 0 Å². The highest BCUT2D eigenvalue weighted by molar-refractivity contribution is 7.92. The number of anilines is 1. The second-order valence-electron chi connectivity index (χ2n) is 3.84. The van der Waals surface area contributed by atoms with Crippen LogP contribution in [0.5, 0.6) is 0 Å². The van der Waals surface area contributed by atoms with Crippen molar-refractivity contribution in [2.75, 3.05) is 4.72 Å². The van der Waals surface area contributed by atoms with E-state index in [0.29, 0.717) is 5.69 Å². The fraction of sp³-hybridized carbons (Fsp3) is 0.0909. The van der Waals surface area contributed by atoms with Crippen molar-refractivity contribution in [2.24, 2.45) is 0 Å². The minimum absolute atomic E-state index is 0.0757. The third kappa shape index (κ3) is 3.36. The molecule has 1 aromatic heterocycles. The van der Waals surface area contributed by atoms with Crippen LogP contribution in [-0.2, 0) is 10.0 Å². The molecule has 0 aliphatic rings. The lowest BCUT2D eigenvalue weighted by Crippen LogP contribution is -2.16. The Morgan fingerprint density at radius 2 is 1.90 bits per heavy atom. The van der Waals surface area contributed by atoms with E-state index in [2.05, 4.69) is 14.7 Å². The van der Waals surface area contributed by atoms with E-state index in [4.69, 9.17) is 23.2 Å². The first-order valence-electron chi connectivity index (χ1n) is 5.27. The van der Waals surface area contributed by atoms with Crippen LogP contribution in [0, 0.1) is 12.7 Å². The van der Waals surface area contributed by atoms with Crippen LogP contribution in [0.15, 0.2) is 29.2 Å². The number of rotatable bonds is 3. The lowest BCUT2D eigenvalue weighted by Gasteiger charge is -2.08. The average molecular weight is 336 g/mol. The highest BCUT2D eigenvalue weighted by atomic mass is 35.5. The number of hydrogen-bond donors (Lipinski definition) is 1. The number of sulfonamides is 1. The molecule has 5 nitrogen and oxygen atoms in total. The fourth-order valence-corrected chi connectivity index (χ4v) is 2.85. The van der Waals surface area contributed by atoms with Crippen molar-refractivity contribution >= 4 is 39.2 Å². The van der Waals surface area contributed by atoms with Crippen LogP contribution in [-0.4, -0.2) is 18.4 Å². The van der Waals surface area contributed by atoms with Gasteiger partial charge < -0.3 is 0 Å². The highest BCUT2D eigenvalue weighted by Gasteiger charge is 2.20. The van der Waals surface area contributed by atoms with Gasteiger partial charge in [-0.3, -0.25) is 0 Å². The third-order valence-electron chi connectivity index (χ3n) is 2.23. The number of halogens is 3. The van der Waals surface area contributed by atoms with Gasteiger partial charge in [0, 0.05) is 10.7 Å². The highest BCUT2D eigenvalue weighted by Crippen LogP contribution is 2.21. The van der Waals surface area contributed by atoms with Crippen LogP contribution in [0.1, 0.15) is 5.69 Å². The summed E-state index contributed by atoms with van der Waals surface area (Å²) in [5, 5.41) is 0.170. The summed E-state index contributed by atoms with van der Waals surface area (Å²) in [6.07, 6.45) is 0. The van der Waals surface area contributed by atoms with Crippen LogP contribution in [0.4, 0.5) is 10.3 Å². The van der Waals surface area contributed by atoms with E-state index < -0.39 is 20.7 Å². The van der Waals surface area contributed by atoms with Crippen molar-refractivity contribution in [2.45, 2.75) is 11.8 Å². The molecule has 0 aliphatic carbocycles. The number of benzene rings is 1. The second kappa shape index (κ2) is 5.51. The fourth-order valence-electron chi connectivity index (χ4n) is 1.44. The monoisotopic (exact) mass is 335 g/mol. The van der Waals surface area contributed by atoms with Crippen molar-refractivity contribution < 1.29 is 12.8 Å². The molecule has 20 heavy (non-hydrogen) atoms. The predicted octanol–water partition coefficient (Wildman–Crippen LogP) is 3.03. The van der Waals surface area contributed by atoms with Gasteiger partial charge in [0.05, 0.1) is 0 Å². The lowest BCUT2D eigenvalue weighted by molar-refractivity contribution is 0.570. The molecule has 0 radical (unpaired) electrons. The lowest BCUT2D eigenvalue weighted by atomic mass is 10.3. The summed E-state index contributed by atoms with van der Waals surface area (Å²) >= 11 is 11.3. The Labute approximate surface area is 124 Å². The zero-order chi connectivity index (χ0) is 14.9. The van der Waals surface area contributed by atoms with Gasteiger partial charge in [-0.25, -0.2) is 27.5 Å². The number of hydrogen-bond acceptors (Lipinski definition) is 4. The molecule has 1 heterocycles. The number of nitrogens with one attached hydrogen (secondary N) is 1. The molecule has 0 spiro atoms.